The SMILES string of the molecule is COc1ccc(-c2cc(N3CCCC3)n(-c3cccc(Cl)c3)c(=O)c2N=Nc2cccc(C)c2)cc1. The molecule has 0 radical (unpaired) electrons. The number of rotatable bonds is 6. The lowest BCUT2D eigenvalue weighted by Gasteiger charge is -2.24. The molecule has 2 heterocycles. The number of halogens is 1. The molecule has 0 amide bonds. The van der Waals surface area contributed by atoms with E-state index in [4.69, 9.17) is 16.3 Å². The van der Waals surface area contributed by atoms with Gasteiger partial charge in [0.05, 0.1) is 18.5 Å². The van der Waals surface area contributed by atoms with E-state index >= 15 is 0 Å². The number of anilines is 1. The summed E-state index contributed by atoms with van der Waals surface area (Å²) >= 11 is 6.33. The van der Waals surface area contributed by atoms with Gasteiger partial charge in [0.15, 0.2) is 5.69 Å². The van der Waals surface area contributed by atoms with Crippen molar-refractivity contribution in [3.8, 4) is 22.6 Å². The van der Waals surface area contributed by atoms with Crippen LogP contribution in [0.4, 0.5) is 17.2 Å². The van der Waals surface area contributed by atoms with E-state index in [9.17, 15) is 4.79 Å². The zero-order valence-corrected chi connectivity index (χ0v) is 21.1. The van der Waals surface area contributed by atoms with E-state index in [1.54, 1.807) is 23.8 Å². The maximum absolute atomic E-state index is 14.2. The molecule has 1 fully saturated rings. The van der Waals surface area contributed by atoms with Gasteiger partial charge in [0.25, 0.3) is 5.56 Å². The van der Waals surface area contributed by atoms with E-state index in [1.165, 1.54) is 0 Å². The van der Waals surface area contributed by atoms with Gasteiger partial charge < -0.3 is 9.64 Å². The molecule has 0 atom stereocenters. The van der Waals surface area contributed by atoms with Crippen molar-refractivity contribution in [2.45, 2.75) is 19.8 Å². The second-order valence-electron chi connectivity index (χ2n) is 8.85. The Morgan fingerprint density at radius 1 is 0.889 bits per heavy atom. The number of hydrogen-bond acceptors (Lipinski definition) is 5. The fourth-order valence-corrected chi connectivity index (χ4v) is 4.70. The minimum atomic E-state index is -0.246. The lowest BCUT2D eigenvalue weighted by Crippen LogP contribution is -2.29. The molecule has 1 aromatic heterocycles. The second kappa shape index (κ2) is 10.4. The Bertz CT molecular complexity index is 1470. The minimum Gasteiger partial charge on any atom is -0.497 e. The van der Waals surface area contributed by atoms with E-state index in [-0.39, 0.29) is 11.2 Å². The van der Waals surface area contributed by atoms with Crippen molar-refractivity contribution in [2.75, 3.05) is 25.1 Å². The summed E-state index contributed by atoms with van der Waals surface area (Å²) in [5.74, 6) is 1.56. The number of pyridine rings is 1. The molecule has 4 aromatic rings. The third-order valence-electron chi connectivity index (χ3n) is 6.33. The van der Waals surface area contributed by atoms with Gasteiger partial charge in [-0.05, 0) is 79.4 Å². The number of methoxy groups -OCH3 is 1. The van der Waals surface area contributed by atoms with Crippen LogP contribution in [0, 0.1) is 6.92 Å². The number of nitrogens with zero attached hydrogens (tertiary/aromatic N) is 4. The van der Waals surface area contributed by atoms with Gasteiger partial charge in [-0.3, -0.25) is 9.36 Å². The number of benzene rings is 3. The predicted octanol–water partition coefficient (Wildman–Crippen LogP) is 7.49. The van der Waals surface area contributed by atoms with Gasteiger partial charge in [-0.1, -0.05) is 41.9 Å². The van der Waals surface area contributed by atoms with Crippen LogP contribution in [0.25, 0.3) is 16.8 Å². The van der Waals surface area contributed by atoms with Crippen molar-refractivity contribution in [3.05, 3.63) is 99.8 Å². The summed E-state index contributed by atoms with van der Waals surface area (Å²) < 4.78 is 7.04. The Morgan fingerprint density at radius 2 is 1.64 bits per heavy atom. The molecule has 1 aliphatic heterocycles. The van der Waals surface area contributed by atoms with Crippen molar-refractivity contribution < 1.29 is 4.74 Å². The Hall–Kier alpha value is -3.90. The van der Waals surface area contributed by atoms with Gasteiger partial charge in [-0.15, -0.1) is 5.11 Å². The first kappa shape index (κ1) is 23.8. The highest BCUT2D eigenvalue weighted by Gasteiger charge is 2.23. The molecule has 182 valence electrons. The van der Waals surface area contributed by atoms with Gasteiger partial charge in [0, 0.05) is 23.7 Å². The molecule has 7 heteroatoms. The van der Waals surface area contributed by atoms with Gasteiger partial charge >= 0.3 is 0 Å². The van der Waals surface area contributed by atoms with Crippen LogP contribution < -0.4 is 15.2 Å². The van der Waals surface area contributed by atoms with E-state index < -0.39 is 0 Å². The van der Waals surface area contributed by atoms with E-state index in [1.807, 2.05) is 73.7 Å². The molecule has 0 aliphatic carbocycles. The van der Waals surface area contributed by atoms with Crippen molar-refractivity contribution >= 4 is 28.8 Å². The molecule has 1 aliphatic rings. The number of ether oxygens (including phenoxy) is 1. The minimum absolute atomic E-state index is 0.246. The molecule has 5 rings (SSSR count). The molecular weight excluding hydrogens is 472 g/mol. The molecule has 3 aromatic carbocycles. The summed E-state index contributed by atoms with van der Waals surface area (Å²) in [5.41, 5.74) is 4.07. The maximum Gasteiger partial charge on any atom is 0.285 e. The summed E-state index contributed by atoms with van der Waals surface area (Å²) in [6.07, 6.45) is 2.16. The maximum atomic E-state index is 14.2. The lowest BCUT2D eigenvalue weighted by atomic mass is 10.0. The average molecular weight is 499 g/mol. The molecule has 1 saturated heterocycles. The van der Waals surface area contributed by atoms with Crippen molar-refractivity contribution in [2.24, 2.45) is 10.2 Å². The van der Waals surface area contributed by atoms with E-state index in [0.29, 0.717) is 16.4 Å². The quantitative estimate of drug-likeness (QED) is 0.259. The normalized spacial score (nSPS) is 13.5. The van der Waals surface area contributed by atoms with Crippen LogP contribution in [-0.2, 0) is 0 Å². The van der Waals surface area contributed by atoms with E-state index in [0.717, 1.165) is 54.2 Å². The molecule has 0 unspecified atom stereocenters. The smallest absolute Gasteiger partial charge is 0.285 e. The Morgan fingerprint density at radius 3 is 2.33 bits per heavy atom. The summed E-state index contributed by atoms with van der Waals surface area (Å²) in [6.45, 7) is 3.76. The van der Waals surface area contributed by atoms with Crippen molar-refractivity contribution in [1.29, 1.82) is 0 Å². The predicted molar refractivity (Wildman–Crippen MR) is 146 cm³/mol. The number of hydrogen-bond donors (Lipinski definition) is 0. The zero-order valence-electron chi connectivity index (χ0n) is 20.3. The molecule has 0 spiro atoms. The fourth-order valence-electron chi connectivity index (χ4n) is 4.52. The van der Waals surface area contributed by atoms with Crippen LogP contribution in [0.5, 0.6) is 5.75 Å². The van der Waals surface area contributed by atoms with Gasteiger partial charge in [-0.25, -0.2) is 0 Å². The first-order valence-electron chi connectivity index (χ1n) is 12.0. The highest BCUT2D eigenvalue weighted by molar-refractivity contribution is 6.30. The highest BCUT2D eigenvalue weighted by atomic mass is 35.5. The van der Waals surface area contributed by atoms with Crippen LogP contribution in [0.3, 0.4) is 0 Å². The van der Waals surface area contributed by atoms with Crippen molar-refractivity contribution in [3.63, 3.8) is 0 Å². The Labute approximate surface area is 215 Å². The number of aryl methyl sites for hydroxylation is 1. The molecule has 6 nitrogen and oxygen atoms in total. The van der Waals surface area contributed by atoms with Crippen LogP contribution in [0.15, 0.2) is 93.9 Å². The molecule has 0 N–H and O–H groups in total. The van der Waals surface area contributed by atoms with E-state index in [2.05, 4.69) is 15.1 Å². The summed E-state index contributed by atoms with van der Waals surface area (Å²) in [5, 5.41) is 9.53. The zero-order chi connectivity index (χ0) is 25.1. The monoisotopic (exact) mass is 498 g/mol. The molecular formula is C29H27ClN4O2. The first-order chi connectivity index (χ1) is 17.5. The van der Waals surface area contributed by atoms with Crippen LogP contribution in [0.1, 0.15) is 18.4 Å². The largest absolute Gasteiger partial charge is 0.497 e. The highest BCUT2D eigenvalue weighted by Crippen LogP contribution is 2.35. The second-order valence-corrected chi connectivity index (χ2v) is 9.28. The number of aromatic nitrogens is 1. The first-order valence-corrected chi connectivity index (χ1v) is 12.3. The summed E-state index contributed by atoms with van der Waals surface area (Å²) in [6, 6.07) is 24.8. The molecule has 0 bridgehead atoms. The van der Waals surface area contributed by atoms with Gasteiger partial charge in [0.1, 0.15) is 11.6 Å². The molecule has 36 heavy (non-hydrogen) atoms. The lowest BCUT2D eigenvalue weighted by molar-refractivity contribution is 0.415. The summed E-state index contributed by atoms with van der Waals surface area (Å²) in [4.78, 5) is 16.4. The van der Waals surface area contributed by atoms with Gasteiger partial charge in [-0.2, -0.15) is 5.11 Å². The van der Waals surface area contributed by atoms with Gasteiger partial charge in [0.2, 0.25) is 0 Å². The summed E-state index contributed by atoms with van der Waals surface area (Å²) in [7, 11) is 1.63. The topological polar surface area (TPSA) is 59.2 Å². The third kappa shape index (κ3) is 4.90. The van der Waals surface area contributed by atoms with Crippen LogP contribution in [0.2, 0.25) is 5.02 Å². The Balaban J connectivity index is 1.77. The fraction of sp³-hybridized carbons (Fsp3) is 0.207. The van der Waals surface area contributed by atoms with Crippen molar-refractivity contribution in [1.82, 2.24) is 4.57 Å². The Kier molecular flexibility index (Phi) is 6.87. The number of azo groups is 1. The third-order valence-corrected chi connectivity index (χ3v) is 6.56. The molecule has 0 saturated carbocycles. The standard InChI is InChI=1S/C29H27ClN4O2/c1-20-7-5-9-23(17-20)31-32-28-26(21-11-13-25(36-2)14-12-21)19-27(33-15-3-4-16-33)34(29(28)35)24-10-6-8-22(30)18-24/h5-14,17-19H,3-4,15-16H2,1-2H3. The van der Waals surface area contributed by atoms with Crippen LogP contribution in [-0.4, -0.2) is 24.8 Å². The average Bonchev–Trinajstić information content (AvgIpc) is 3.42. The van der Waals surface area contributed by atoms with Crippen LogP contribution >= 0.6 is 11.6 Å².